The molecule has 0 aliphatic rings. The lowest BCUT2D eigenvalue weighted by Crippen LogP contribution is -2.01. The van der Waals surface area contributed by atoms with Crippen LogP contribution >= 0.6 is 24.0 Å². The van der Waals surface area contributed by atoms with Gasteiger partial charge in [-0.3, -0.25) is 10.1 Å². The number of aromatic nitrogens is 4. The highest BCUT2D eigenvalue weighted by Crippen LogP contribution is 2.16. The van der Waals surface area contributed by atoms with Gasteiger partial charge in [-0.1, -0.05) is 6.42 Å². The Kier molecular flexibility index (Phi) is 5.60. The summed E-state index contributed by atoms with van der Waals surface area (Å²) in [5.41, 5.74) is 0.999. The monoisotopic (exact) mass is 294 g/mol. The number of H-pyrrole nitrogens is 1. The summed E-state index contributed by atoms with van der Waals surface area (Å²) < 4.78 is 2.74. The molecule has 2 rings (SSSR count). The summed E-state index contributed by atoms with van der Waals surface area (Å²) in [6, 6.07) is 3.91. The summed E-state index contributed by atoms with van der Waals surface area (Å²) >= 11 is 7.19. The molecular weight excluding hydrogens is 276 g/mol. The van der Waals surface area contributed by atoms with E-state index in [1.165, 1.54) is 18.6 Å². The number of pyridine rings is 1. The Bertz CT molecular complexity index is 547. The normalized spacial score (nSPS) is 10.8. The van der Waals surface area contributed by atoms with Crippen molar-refractivity contribution in [2.24, 2.45) is 0 Å². The highest BCUT2D eigenvalue weighted by molar-refractivity contribution is 7.98. The lowest BCUT2D eigenvalue weighted by molar-refractivity contribution is 0.602. The van der Waals surface area contributed by atoms with Gasteiger partial charge >= 0.3 is 0 Å². The molecule has 2 aromatic rings. The molecule has 0 fully saturated rings. The number of aromatic amines is 1. The summed E-state index contributed by atoms with van der Waals surface area (Å²) in [6.07, 6.45) is 9.33. The zero-order chi connectivity index (χ0) is 13.5. The van der Waals surface area contributed by atoms with Gasteiger partial charge in [0.15, 0.2) is 10.6 Å². The second-order valence-electron chi connectivity index (χ2n) is 4.30. The van der Waals surface area contributed by atoms with Gasteiger partial charge in [0.05, 0.1) is 0 Å². The number of nitrogens with one attached hydrogen (secondary N) is 1. The van der Waals surface area contributed by atoms with Crippen LogP contribution in [0, 0.1) is 4.77 Å². The van der Waals surface area contributed by atoms with Gasteiger partial charge in [0.1, 0.15) is 0 Å². The largest absolute Gasteiger partial charge is 0.300 e. The van der Waals surface area contributed by atoms with E-state index in [2.05, 4.69) is 26.0 Å². The fourth-order valence-corrected chi connectivity index (χ4v) is 2.65. The van der Waals surface area contributed by atoms with Gasteiger partial charge in [0.2, 0.25) is 0 Å². The highest BCUT2D eigenvalue weighted by atomic mass is 32.2. The van der Waals surface area contributed by atoms with Crippen molar-refractivity contribution in [1.29, 1.82) is 0 Å². The molecule has 0 spiro atoms. The minimum Gasteiger partial charge on any atom is -0.300 e. The molecule has 6 heteroatoms. The van der Waals surface area contributed by atoms with Crippen molar-refractivity contribution in [3.63, 3.8) is 0 Å². The summed E-state index contributed by atoms with van der Waals surface area (Å²) in [5, 5.41) is 7.17. The van der Waals surface area contributed by atoms with Crippen LogP contribution in [0.3, 0.4) is 0 Å². The molecule has 0 unspecified atom stereocenters. The van der Waals surface area contributed by atoms with Crippen molar-refractivity contribution in [3.8, 4) is 11.4 Å². The zero-order valence-electron chi connectivity index (χ0n) is 11.0. The van der Waals surface area contributed by atoms with Crippen LogP contribution < -0.4 is 0 Å². The number of unbranched alkanes of at least 4 members (excludes halogenated alkanes) is 2. The standard InChI is InChI=1S/C13H18N4S2/c1-19-9-4-2-3-8-17-12(15-16-13(17)18)11-6-5-7-14-10-11/h5-7,10H,2-4,8-9H2,1H3,(H,16,18). The van der Waals surface area contributed by atoms with Crippen LogP contribution in [0.15, 0.2) is 24.5 Å². The first-order valence-electron chi connectivity index (χ1n) is 6.37. The Hall–Kier alpha value is -1.14. The van der Waals surface area contributed by atoms with Crippen LogP contribution in [0.25, 0.3) is 11.4 Å². The SMILES string of the molecule is CSCCCCCn1c(-c2cccnc2)n[nH]c1=S. The first-order valence-corrected chi connectivity index (χ1v) is 8.17. The second-order valence-corrected chi connectivity index (χ2v) is 5.67. The third-order valence-corrected chi connectivity index (χ3v) is 3.92. The maximum atomic E-state index is 5.29. The van der Waals surface area contributed by atoms with Crippen LogP contribution in [-0.2, 0) is 6.54 Å². The van der Waals surface area contributed by atoms with E-state index in [9.17, 15) is 0 Å². The van der Waals surface area contributed by atoms with E-state index in [1.54, 1.807) is 6.20 Å². The van der Waals surface area contributed by atoms with E-state index in [-0.39, 0.29) is 0 Å². The molecule has 19 heavy (non-hydrogen) atoms. The molecule has 0 amide bonds. The van der Waals surface area contributed by atoms with E-state index in [4.69, 9.17) is 12.2 Å². The van der Waals surface area contributed by atoms with Crippen molar-refractivity contribution in [2.45, 2.75) is 25.8 Å². The fraction of sp³-hybridized carbons (Fsp3) is 0.462. The van der Waals surface area contributed by atoms with Crippen LogP contribution in [0.1, 0.15) is 19.3 Å². The molecule has 0 aromatic carbocycles. The van der Waals surface area contributed by atoms with Crippen LogP contribution in [0.4, 0.5) is 0 Å². The molecule has 0 aliphatic heterocycles. The Morgan fingerprint density at radius 1 is 1.37 bits per heavy atom. The van der Waals surface area contributed by atoms with Gasteiger partial charge in [-0.2, -0.15) is 16.9 Å². The number of hydrogen-bond acceptors (Lipinski definition) is 4. The lowest BCUT2D eigenvalue weighted by Gasteiger charge is -2.06. The minimum atomic E-state index is 0.684. The van der Waals surface area contributed by atoms with Gasteiger partial charge in [0.25, 0.3) is 0 Å². The highest BCUT2D eigenvalue weighted by Gasteiger charge is 2.08. The first kappa shape index (κ1) is 14.3. The molecule has 2 aromatic heterocycles. The summed E-state index contributed by atoms with van der Waals surface area (Å²) in [6.45, 7) is 0.911. The molecule has 0 saturated carbocycles. The van der Waals surface area contributed by atoms with Gasteiger partial charge in [0, 0.05) is 24.5 Å². The van der Waals surface area contributed by atoms with Crippen molar-refractivity contribution < 1.29 is 0 Å². The molecule has 2 heterocycles. The number of thioether (sulfide) groups is 1. The minimum absolute atomic E-state index is 0.684. The van der Waals surface area contributed by atoms with Gasteiger partial charge in [-0.05, 0) is 49.2 Å². The van der Waals surface area contributed by atoms with E-state index in [1.807, 2.05) is 30.1 Å². The van der Waals surface area contributed by atoms with Gasteiger partial charge in [-0.15, -0.1) is 0 Å². The molecular formula is C13H18N4S2. The number of nitrogens with zero attached hydrogens (tertiary/aromatic N) is 3. The summed E-state index contributed by atoms with van der Waals surface area (Å²) in [7, 11) is 0. The second kappa shape index (κ2) is 7.45. The van der Waals surface area contributed by atoms with E-state index >= 15 is 0 Å². The van der Waals surface area contributed by atoms with Crippen molar-refractivity contribution in [2.75, 3.05) is 12.0 Å². The maximum absolute atomic E-state index is 5.29. The smallest absolute Gasteiger partial charge is 0.195 e. The Morgan fingerprint density at radius 2 is 2.26 bits per heavy atom. The van der Waals surface area contributed by atoms with Gasteiger partial charge < -0.3 is 4.57 Å². The average Bonchev–Trinajstić information content (AvgIpc) is 2.81. The summed E-state index contributed by atoms with van der Waals surface area (Å²) in [4.78, 5) is 4.13. The predicted molar refractivity (Wildman–Crippen MR) is 82.9 cm³/mol. The topological polar surface area (TPSA) is 46.5 Å². The van der Waals surface area contributed by atoms with Gasteiger partial charge in [-0.25, -0.2) is 0 Å². The van der Waals surface area contributed by atoms with Crippen molar-refractivity contribution in [3.05, 3.63) is 29.3 Å². The van der Waals surface area contributed by atoms with Crippen molar-refractivity contribution >= 4 is 24.0 Å². The predicted octanol–water partition coefficient (Wildman–Crippen LogP) is 3.54. The zero-order valence-corrected chi connectivity index (χ0v) is 12.6. The summed E-state index contributed by atoms with van der Waals surface area (Å²) in [5.74, 6) is 2.11. The number of rotatable bonds is 7. The van der Waals surface area contributed by atoms with E-state index in [0.717, 1.165) is 24.4 Å². The van der Waals surface area contributed by atoms with Crippen LogP contribution in [0.5, 0.6) is 0 Å². The first-order chi connectivity index (χ1) is 9.33. The van der Waals surface area contributed by atoms with E-state index in [0.29, 0.717) is 4.77 Å². The molecule has 4 nitrogen and oxygen atoms in total. The molecule has 0 saturated heterocycles. The molecule has 1 N–H and O–H groups in total. The Balaban J connectivity index is 2.04. The Labute approximate surface area is 122 Å². The third-order valence-electron chi connectivity index (χ3n) is 2.91. The maximum Gasteiger partial charge on any atom is 0.195 e. The molecule has 0 bridgehead atoms. The van der Waals surface area contributed by atoms with Crippen LogP contribution in [0.2, 0.25) is 0 Å². The quantitative estimate of drug-likeness (QED) is 0.627. The molecule has 0 radical (unpaired) electrons. The van der Waals surface area contributed by atoms with E-state index < -0.39 is 0 Å². The Morgan fingerprint density at radius 3 is 3.00 bits per heavy atom. The average molecular weight is 294 g/mol. The number of hydrogen-bond donors (Lipinski definition) is 1. The molecule has 0 aliphatic carbocycles. The lowest BCUT2D eigenvalue weighted by atomic mass is 10.2. The van der Waals surface area contributed by atoms with Crippen molar-refractivity contribution in [1.82, 2.24) is 19.7 Å². The molecule has 102 valence electrons. The molecule has 0 atom stereocenters. The fourth-order valence-electron chi connectivity index (χ4n) is 1.93. The third kappa shape index (κ3) is 3.91. The van der Waals surface area contributed by atoms with Crippen LogP contribution in [-0.4, -0.2) is 31.8 Å².